The summed E-state index contributed by atoms with van der Waals surface area (Å²) >= 11 is 0. The number of rotatable bonds is 4. The van der Waals surface area contributed by atoms with E-state index in [1.807, 2.05) is 36.4 Å². The summed E-state index contributed by atoms with van der Waals surface area (Å²) < 4.78 is 5.33. The Labute approximate surface area is 178 Å². The van der Waals surface area contributed by atoms with Gasteiger partial charge in [-0.2, -0.15) is 5.26 Å². The molecule has 4 rings (SSSR count). The Morgan fingerprint density at radius 1 is 1.26 bits per heavy atom. The van der Waals surface area contributed by atoms with Crippen LogP contribution in [0.25, 0.3) is 22.6 Å². The third kappa shape index (κ3) is 4.01. The molecule has 1 aliphatic rings. The lowest BCUT2D eigenvalue weighted by atomic mass is 9.86. The minimum absolute atomic E-state index is 0.0200. The van der Waals surface area contributed by atoms with E-state index in [1.54, 1.807) is 12.1 Å². The summed E-state index contributed by atoms with van der Waals surface area (Å²) in [6, 6.07) is 15.7. The number of ether oxygens (including phenoxy) is 1. The number of nitro groups is 1. The second kappa shape index (κ2) is 8.36. The summed E-state index contributed by atoms with van der Waals surface area (Å²) in [6.45, 7) is 1.53. The van der Waals surface area contributed by atoms with Gasteiger partial charge in [0.25, 0.3) is 5.69 Å². The number of fused-ring (bicyclic) bond motifs is 2. The third-order valence-corrected chi connectivity index (χ3v) is 5.26. The van der Waals surface area contributed by atoms with E-state index in [9.17, 15) is 14.9 Å². The van der Waals surface area contributed by atoms with Gasteiger partial charge in [0.1, 0.15) is 6.07 Å². The molecule has 0 fully saturated rings. The van der Waals surface area contributed by atoms with Crippen LogP contribution >= 0.6 is 0 Å². The zero-order valence-electron chi connectivity index (χ0n) is 16.9. The summed E-state index contributed by atoms with van der Waals surface area (Å²) in [7, 11) is 0. The average molecular weight is 413 g/mol. The molecule has 0 amide bonds. The molecular weight excluding hydrogens is 394 g/mol. The number of hydrogen-bond acceptors (Lipinski definition) is 6. The Morgan fingerprint density at radius 2 is 2.06 bits per heavy atom. The van der Waals surface area contributed by atoms with Crippen molar-refractivity contribution in [3.05, 3.63) is 81.0 Å². The molecule has 0 spiro atoms. The molecule has 31 heavy (non-hydrogen) atoms. The van der Waals surface area contributed by atoms with Crippen molar-refractivity contribution in [3.63, 3.8) is 0 Å². The summed E-state index contributed by atoms with van der Waals surface area (Å²) in [4.78, 5) is 28.5. The van der Waals surface area contributed by atoms with Crippen molar-refractivity contribution in [2.75, 3.05) is 0 Å². The highest BCUT2D eigenvalue weighted by Gasteiger charge is 2.26. The second-order valence-corrected chi connectivity index (χ2v) is 7.38. The number of benzene rings is 2. The van der Waals surface area contributed by atoms with Gasteiger partial charge in [-0.05, 0) is 55.0 Å². The quantitative estimate of drug-likeness (QED) is 0.335. The number of carbonyl (C=O) groups excluding carboxylic acids is 1. The maximum absolute atomic E-state index is 13.0. The van der Waals surface area contributed by atoms with Crippen molar-refractivity contribution in [2.24, 2.45) is 0 Å². The second-order valence-electron chi connectivity index (χ2n) is 7.38. The maximum Gasteiger partial charge on any atom is 0.340 e. The number of nitriles is 1. The molecule has 0 bridgehead atoms. The Kier molecular flexibility index (Phi) is 5.46. The number of aromatic nitrogens is 1. The minimum Gasteiger partial charge on any atom is -0.444 e. The Morgan fingerprint density at radius 3 is 2.84 bits per heavy atom. The summed E-state index contributed by atoms with van der Waals surface area (Å²) in [5.41, 5.74) is 4.22. The lowest BCUT2D eigenvalue weighted by Crippen LogP contribution is -2.18. The summed E-state index contributed by atoms with van der Waals surface area (Å²) in [5, 5.41) is 20.9. The van der Waals surface area contributed by atoms with E-state index in [1.165, 1.54) is 19.1 Å². The van der Waals surface area contributed by atoms with Crippen LogP contribution in [0.2, 0.25) is 0 Å². The Balaban J connectivity index is 1.89. The van der Waals surface area contributed by atoms with Crippen LogP contribution in [0.1, 0.15) is 46.9 Å². The van der Waals surface area contributed by atoms with Crippen LogP contribution in [0.4, 0.5) is 5.69 Å². The Bertz CT molecular complexity index is 1270. The summed E-state index contributed by atoms with van der Waals surface area (Å²) in [6.07, 6.45) is 3.23. The number of esters is 1. The van der Waals surface area contributed by atoms with E-state index in [4.69, 9.17) is 15.0 Å². The first-order chi connectivity index (χ1) is 15.0. The van der Waals surface area contributed by atoms with Crippen LogP contribution < -0.4 is 0 Å². The molecule has 0 aliphatic heterocycles. The molecule has 1 aromatic heterocycles. The van der Waals surface area contributed by atoms with Gasteiger partial charge in [-0.3, -0.25) is 10.1 Å². The van der Waals surface area contributed by atoms with Gasteiger partial charge in [-0.1, -0.05) is 30.3 Å². The van der Waals surface area contributed by atoms with Crippen molar-refractivity contribution in [2.45, 2.75) is 32.3 Å². The van der Waals surface area contributed by atoms with Gasteiger partial charge >= 0.3 is 5.97 Å². The number of non-ortho nitro benzene ring substituents is 1. The molecule has 2 aromatic carbocycles. The predicted molar refractivity (Wildman–Crippen MR) is 116 cm³/mol. The number of nitrogens with zero attached hydrogens (tertiary/aromatic N) is 3. The number of pyridine rings is 1. The fourth-order valence-electron chi connectivity index (χ4n) is 3.88. The van der Waals surface area contributed by atoms with Crippen molar-refractivity contribution >= 4 is 34.2 Å². The van der Waals surface area contributed by atoms with Crippen molar-refractivity contribution in [1.82, 2.24) is 4.98 Å². The zero-order valence-corrected chi connectivity index (χ0v) is 16.9. The van der Waals surface area contributed by atoms with E-state index in [-0.39, 0.29) is 5.69 Å². The molecule has 0 unspecified atom stereocenters. The predicted octanol–water partition coefficient (Wildman–Crippen LogP) is 5.09. The van der Waals surface area contributed by atoms with Crippen LogP contribution in [-0.2, 0) is 11.2 Å². The normalized spacial score (nSPS) is 15.2. The van der Waals surface area contributed by atoms with Gasteiger partial charge in [0.15, 0.2) is 6.10 Å². The first-order valence-electron chi connectivity index (χ1n) is 9.95. The lowest BCUT2D eigenvalue weighted by molar-refractivity contribution is -0.384. The third-order valence-electron chi connectivity index (χ3n) is 5.26. The molecule has 0 saturated carbocycles. The Hall–Kier alpha value is -4.05. The fourth-order valence-corrected chi connectivity index (χ4v) is 3.88. The highest BCUT2D eigenvalue weighted by molar-refractivity contribution is 6.06. The highest BCUT2D eigenvalue weighted by atomic mass is 16.6. The number of nitro benzene ring substituents is 1. The monoisotopic (exact) mass is 413 g/mol. The van der Waals surface area contributed by atoms with Crippen LogP contribution in [0.5, 0.6) is 0 Å². The molecule has 0 radical (unpaired) electrons. The standard InChI is InChI=1S/C24H19N3O4/c1-15(14-25)31-24(28)22-19-9-2-3-11-21(19)26-23-17(7-5-10-20(22)23)12-16-6-4-8-18(13-16)27(29)30/h2-4,6,8-9,11-13,15H,5,7,10H2,1H3/b17-12+/t15-/m0/s1. The summed E-state index contributed by atoms with van der Waals surface area (Å²) in [5.74, 6) is -0.541. The van der Waals surface area contributed by atoms with E-state index in [0.29, 0.717) is 34.1 Å². The van der Waals surface area contributed by atoms with Crippen LogP contribution in [0, 0.1) is 21.4 Å². The molecule has 1 heterocycles. The SMILES string of the molecule is C[C@@H](C#N)OC(=O)c1c2c(nc3ccccc13)/C(=C/c1cccc([N+](=O)[O-])c1)CCC2. The fraction of sp³-hybridized carbons (Fsp3) is 0.208. The van der Waals surface area contributed by atoms with E-state index >= 15 is 0 Å². The first kappa shape index (κ1) is 20.2. The average Bonchev–Trinajstić information content (AvgIpc) is 2.77. The number of para-hydroxylation sites is 1. The molecule has 0 N–H and O–H groups in total. The van der Waals surface area contributed by atoms with Crippen LogP contribution in [0.3, 0.4) is 0 Å². The zero-order chi connectivity index (χ0) is 22.0. The maximum atomic E-state index is 13.0. The van der Waals surface area contributed by atoms with Gasteiger partial charge in [0.2, 0.25) is 0 Å². The topological polar surface area (TPSA) is 106 Å². The van der Waals surface area contributed by atoms with Gasteiger partial charge < -0.3 is 4.74 Å². The largest absolute Gasteiger partial charge is 0.444 e. The lowest BCUT2D eigenvalue weighted by Gasteiger charge is -2.22. The van der Waals surface area contributed by atoms with Gasteiger partial charge in [0, 0.05) is 17.5 Å². The first-order valence-corrected chi connectivity index (χ1v) is 9.95. The smallest absolute Gasteiger partial charge is 0.340 e. The molecule has 154 valence electrons. The van der Waals surface area contributed by atoms with Crippen LogP contribution in [-0.4, -0.2) is 22.0 Å². The van der Waals surface area contributed by atoms with Gasteiger partial charge in [-0.25, -0.2) is 9.78 Å². The number of carbonyl (C=O) groups is 1. The van der Waals surface area contributed by atoms with Crippen molar-refractivity contribution in [3.8, 4) is 6.07 Å². The molecular formula is C24H19N3O4. The molecule has 7 heteroatoms. The molecule has 3 aromatic rings. The molecule has 1 aliphatic carbocycles. The van der Waals surface area contributed by atoms with E-state index in [2.05, 4.69) is 0 Å². The minimum atomic E-state index is -0.862. The van der Waals surface area contributed by atoms with Crippen molar-refractivity contribution < 1.29 is 14.5 Å². The highest BCUT2D eigenvalue weighted by Crippen LogP contribution is 2.36. The van der Waals surface area contributed by atoms with Gasteiger partial charge in [0.05, 0.1) is 21.7 Å². The van der Waals surface area contributed by atoms with E-state index < -0.39 is 17.0 Å². The van der Waals surface area contributed by atoms with Gasteiger partial charge in [-0.15, -0.1) is 0 Å². The molecule has 0 saturated heterocycles. The number of allylic oxidation sites excluding steroid dienone is 1. The van der Waals surface area contributed by atoms with Crippen molar-refractivity contribution in [1.29, 1.82) is 5.26 Å². The van der Waals surface area contributed by atoms with E-state index in [0.717, 1.165) is 24.0 Å². The molecule has 7 nitrogen and oxygen atoms in total. The number of hydrogen-bond donors (Lipinski definition) is 0. The molecule has 1 atom stereocenters. The van der Waals surface area contributed by atoms with Crippen LogP contribution in [0.15, 0.2) is 48.5 Å².